The van der Waals surface area contributed by atoms with Crippen molar-refractivity contribution >= 4 is 17.0 Å². The van der Waals surface area contributed by atoms with Gasteiger partial charge in [0.05, 0.1) is 0 Å². The molecular weight excluding hydrogens is 314 g/mol. The molecule has 2 heterocycles. The minimum Gasteiger partial charge on any atom is -0.371 e. The largest absolute Gasteiger partial charge is 0.371 e. The Bertz CT molecular complexity index is 648. The smallest absolute Gasteiger partial charge is 0.160 e. The lowest BCUT2D eigenvalue weighted by molar-refractivity contribution is 0.417. The maximum absolute atomic E-state index is 13.3. The monoisotopic (exact) mass is 336 g/mol. The van der Waals surface area contributed by atoms with Crippen LogP contribution in [0.1, 0.15) is 23.3 Å². The SMILES string of the molecule is Cc1ccsc1CCNC1CCN(c2ccc(F)c(F)c2)CC1. The van der Waals surface area contributed by atoms with Crippen molar-refractivity contribution in [1.29, 1.82) is 0 Å². The first-order chi connectivity index (χ1) is 11.1. The highest BCUT2D eigenvalue weighted by Crippen LogP contribution is 2.22. The summed E-state index contributed by atoms with van der Waals surface area (Å²) in [4.78, 5) is 3.58. The third-order valence-corrected chi connectivity index (χ3v) is 5.60. The highest BCUT2D eigenvalue weighted by molar-refractivity contribution is 7.10. The number of hydrogen-bond donors (Lipinski definition) is 1. The topological polar surface area (TPSA) is 15.3 Å². The zero-order chi connectivity index (χ0) is 16.2. The second-order valence-electron chi connectivity index (χ2n) is 6.09. The van der Waals surface area contributed by atoms with Crippen molar-refractivity contribution in [2.24, 2.45) is 0 Å². The van der Waals surface area contributed by atoms with E-state index < -0.39 is 11.6 Å². The van der Waals surface area contributed by atoms with Crippen molar-refractivity contribution in [3.05, 3.63) is 51.7 Å². The Balaban J connectivity index is 1.45. The second kappa shape index (κ2) is 7.41. The molecule has 124 valence electrons. The van der Waals surface area contributed by atoms with Crippen LogP contribution in [-0.2, 0) is 6.42 Å². The fourth-order valence-electron chi connectivity index (χ4n) is 3.07. The predicted molar refractivity (Wildman–Crippen MR) is 92.4 cm³/mol. The van der Waals surface area contributed by atoms with Gasteiger partial charge in [0.2, 0.25) is 0 Å². The van der Waals surface area contributed by atoms with Crippen molar-refractivity contribution in [2.75, 3.05) is 24.5 Å². The Morgan fingerprint density at radius 1 is 1.17 bits per heavy atom. The molecular formula is C18H22F2N2S. The van der Waals surface area contributed by atoms with Crippen LogP contribution >= 0.6 is 11.3 Å². The van der Waals surface area contributed by atoms with Crippen LogP contribution in [0, 0.1) is 18.6 Å². The molecule has 0 unspecified atom stereocenters. The fourth-order valence-corrected chi connectivity index (χ4v) is 3.98. The summed E-state index contributed by atoms with van der Waals surface area (Å²) in [6, 6.07) is 6.84. The van der Waals surface area contributed by atoms with E-state index in [1.54, 1.807) is 6.07 Å². The number of halogens is 2. The molecule has 1 fully saturated rings. The summed E-state index contributed by atoms with van der Waals surface area (Å²) in [5, 5.41) is 5.77. The number of anilines is 1. The second-order valence-corrected chi connectivity index (χ2v) is 7.09. The predicted octanol–water partition coefficient (Wildman–Crippen LogP) is 4.14. The zero-order valence-electron chi connectivity index (χ0n) is 13.3. The third kappa shape index (κ3) is 4.09. The normalized spacial score (nSPS) is 16.0. The van der Waals surface area contributed by atoms with Crippen LogP contribution < -0.4 is 10.2 Å². The van der Waals surface area contributed by atoms with Gasteiger partial charge in [0.1, 0.15) is 0 Å². The van der Waals surface area contributed by atoms with Crippen LogP contribution in [0.3, 0.4) is 0 Å². The van der Waals surface area contributed by atoms with E-state index in [0.29, 0.717) is 6.04 Å². The Morgan fingerprint density at radius 2 is 1.96 bits per heavy atom. The van der Waals surface area contributed by atoms with Crippen molar-refractivity contribution in [2.45, 2.75) is 32.2 Å². The van der Waals surface area contributed by atoms with Crippen LogP contribution in [0.4, 0.5) is 14.5 Å². The van der Waals surface area contributed by atoms with Gasteiger partial charge in [0, 0.05) is 42.3 Å². The molecule has 23 heavy (non-hydrogen) atoms. The number of nitrogens with zero attached hydrogens (tertiary/aromatic N) is 1. The minimum absolute atomic E-state index is 0.511. The number of rotatable bonds is 5. The maximum Gasteiger partial charge on any atom is 0.160 e. The first-order valence-corrected chi connectivity index (χ1v) is 8.98. The van der Waals surface area contributed by atoms with Crippen LogP contribution in [0.2, 0.25) is 0 Å². The Labute approximate surface area is 140 Å². The highest BCUT2D eigenvalue weighted by Gasteiger charge is 2.19. The van der Waals surface area contributed by atoms with Gasteiger partial charge in [-0.3, -0.25) is 0 Å². The molecule has 1 aliphatic rings. The summed E-state index contributed by atoms with van der Waals surface area (Å²) in [5.41, 5.74) is 2.15. The van der Waals surface area contributed by atoms with E-state index in [-0.39, 0.29) is 0 Å². The molecule has 3 rings (SSSR count). The molecule has 2 aromatic rings. The molecule has 0 atom stereocenters. The maximum atomic E-state index is 13.3. The molecule has 1 N–H and O–H groups in total. The van der Waals surface area contributed by atoms with Gasteiger partial charge in [0.25, 0.3) is 0 Å². The van der Waals surface area contributed by atoms with Crippen LogP contribution in [0.5, 0.6) is 0 Å². The summed E-state index contributed by atoms with van der Waals surface area (Å²) < 4.78 is 26.3. The number of nitrogens with one attached hydrogen (secondary N) is 1. The van der Waals surface area contributed by atoms with E-state index in [1.165, 1.54) is 22.6 Å². The van der Waals surface area contributed by atoms with Crippen LogP contribution in [0.15, 0.2) is 29.6 Å². The van der Waals surface area contributed by atoms with Crippen LogP contribution in [-0.4, -0.2) is 25.7 Å². The van der Waals surface area contributed by atoms with Gasteiger partial charge in [-0.2, -0.15) is 0 Å². The van der Waals surface area contributed by atoms with E-state index in [9.17, 15) is 8.78 Å². The van der Waals surface area contributed by atoms with E-state index >= 15 is 0 Å². The minimum atomic E-state index is -0.783. The van der Waals surface area contributed by atoms with Gasteiger partial charge < -0.3 is 10.2 Å². The quantitative estimate of drug-likeness (QED) is 0.883. The lowest BCUT2D eigenvalue weighted by Crippen LogP contribution is -2.43. The molecule has 0 radical (unpaired) electrons. The molecule has 0 spiro atoms. The standard InChI is InChI=1S/C18H22F2N2S/c1-13-7-11-23-18(13)4-8-21-14-5-9-22(10-6-14)15-2-3-16(19)17(20)12-15/h2-3,7,11-12,14,21H,4-6,8-10H2,1H3. The first-order valence-electron chi connectivity index (χ1n) is 8.10. The van der Waals surface area contributed by atoms with Crippen molar-refractivity contribution < 1.29 is 8.78 Å². The molecule has 0 amide bonds. The number of thiophene rings is 1. The number of hydrogen-bond acceptors (Lipinski definition) is 3. The summed E-state index contributed by atoms with van der Waals surface area (Å²) in [5.74, 6) is -1.55. The average molecular weight is 336 g/mol. The fraction of sp³-hybridized carbons (Fsp3) is 0.444. The molecule has 0 saturated carbocycles. The highest BCUT2D eigenvalue weighted by atomic mass is 32.1. The van der Waals surface area contributed by atoms with Gasteiger partial charge in [-0.15, -0.1) is 11.3 Å². The molecule has 0 aliphatic carbocycles. The van der Waals surface area contributed by atoms with Gasteiger partial charge in [0.15, 0.2) is 11.6 Å². The molecule has 5 heteroatoms. The number of aryl methyl sites for hydroxylation is 1. The van der Waals surface area contributed by atoms with E-state index in [0.717, 1.165) is 44.6 Å². The van der Waals surface area contributed by atoms with Crippen LogP contribution in [0.25, 0.3) is 0 Å². The number of piperidine rings is 1. The Kier molecular flexibility index (Phi) is 5.28. The molecule has 2 nitrogen and oxygen atoms in total. The van der Waals surface area contributed by atoms with Crippen molar-refractivity contribution in [1.82, 2.24) is 5.32 Å². The zero-order valence-corrected chi connectivity index (χ0v) is 14.1. The Morgan fingerprint density at radius 3 is 2.61 bits per heavy atom. The van der Waals surface area contributed by atoms with Crippen molar-refractivity contribution in [3.63, 3.8) is 0 Å². The summed E-state index contributed by atoms with van der Waals surface area (Å²) in [6.07, 6.45) is 3.14. The number of benzene rings is 1. The summed E-state index contributed by atoms with van der Waals surface area (Å²) in [6.45, 7) is 4.91. The molecule has 1 aliphatic heterocycles. The molecule has 1 aromatic carbocycles. The summed E-state index contributed by atoms with van der Waals surface area (Å²) in [7, 11) is 0. The first kappa shape index (κ1) is 16.4. The van der Waals surface area contributed by atoms with Gasteiger partial charge in [-0.1, -0.05) is 0 Å². The van der Waals surface area contributed by atoms with Crippen molar-refractivity contribution in [3.8, 4) is 0 Å². The van der Waals surface area contributed by atoms with E-state index in [1.807, 2.05) is 11.3 Å². The lowest BCUT2D eigenvalue weighted by atomic mass is 10.0. The average Bonchev–Trinajstić information content (AvgIpc) is 2.96. The Hall–Kier alpha value is -1.46. The van der Waals surface area contributed by atoms with E-state index in [2.05, 4.69) is 28.6 Å². The van der Waals surface area contributed by atoms with E-state index in [4.69, 9.17) is 0 Å². The van der Waals surface area contributed by atoms with Gasteiger partial charge in [-0.05, 0) is 55.3 Å². The third-order valence-electron chi connectivity index (χ3n) is 4.52. The molecule has 1 aromatic heterocycles. The molecule has 0 bridgehead atoms. The van der Waals surface area contributed by atoms with Gasteiger partial charge >= 0.3 is 0 Å². The summed E-state index contributed by atoms with van der Waals surface area (Å²) >= 11 is 1.82. The lowest BCUT2D eigenvalue weighted by Gasteiger charge is -2.34. The molecule has 1 saturated heterocycles. The van der Waals surface area contributed by atoms with Gasteiger partial charge in [-0.25, -0.2) is 8.78 Å².